The van der Waals surface area contributed by atoms with E-state index in [1.807, 2.05) is 6.08 Å². The largest absolute Gasteiger partial charge is 0.480 e. The van der Waals surface area contributed by atoms with Crippen molar-refractivity contribution < 1.29 is 57.7 Å². The Morgan fingerprint density at radius 1 is 0.581 bits per heavy atom. The second-order valence-electron chi connectivity index (χ2n) is 15.9. The molecule has 0 aromatic carbocycles. The second-order valence-corrected chi connectivity index (χ2v) is 17.4. The van der Waals surface area contributed by atoms with Crippen molar-refractivity contribution in [2.75, 3.05) is 19.8 Å². The minimum Gasteiger partial charge on any atom is -0.480 e. The third kappa shape index (κ3) is 41.1. The lowest BCUT2D eigenvalue weighted by Crippen LogP contribution is -2.34. The molecule has 6 N–H and O–H groups in total. The number of carbonyl (C=O) groups is 3. The molecule has 0 saturated heterocycles. The summed E-state index contributed by atoms with van der Waals surface area (Å²) >= 11 is 0. The molecule has 0 aliphatic carbocycles. The van der Waals surface area contributed by atoms with E-state index in [4.69, 9.17) is 24.8 Å². The van der Waals surface area contributed by atoms with Gasteiger partial charge in [-0.15, -0.1) is 0 Å². The number of carbonyl (C=O) groups excluding carboxylic acids is 2. The van der Waals surface area contributed by atoms with Crippen molar-refractivity contribution in [1.82, 2.24) is 0 Å². The van der Waals surface area contributed by atoms with E-state index in [0.717, 1.165) is 44.9 Å². The van der Waals surface area contributed by atoms with Crippen LogP contribution in [0.25, 0.3) is 0 Å². The number of aliphatic carboxylic acids is 1. The van der Waals surface area contributed by atoms with Gasteiger partial charge in [0.05, 0.1) is 25.4 Å². The smallest absolute Gasteiger partial charge is 0.472 e. The maximum atomic E-state index is 12.7. The summed E-state index contributed by atoms with van der Waals surface area (Å²) in [4.78, 5) is 46.1. The molecule has 0 heterocycles. The standard InChI is InChI=1S/C48H84NO12P/c1-3-5-7-9-11-12-13-14-15-16-17-18-19-20-21-22-23-25-31-37-47(53)61-44(40-59-62(56,57)60-41-45(49)48(54)55)39-58-46(52)38-32-36-43(51)35-30-27-26-29-34-42(50)33-28-24-10-8-6-4-2/h14-15,24,26-30,34-35,42-45,50-51H,3-13,16-23,25,31-33,36-41,49H2,1-2H3,(H,54,55)(H,56,57)/b15-14-,27-26+,28-24-,34-29+,35-30-/t42-,43-,44-,45+/m1/s1. The molecule has 0 radical (unpaired) electrons. The molecule has 62 heavy (non-hydrogen) atoms. The first kappa shape index (κ1) is 59.1. The number of aliphatic hydroxyl groups is 2. The van der Waals surface area contributed by atoms with Crippen LogP contribution in [0.3, 0.4) is 0 Å². The van der Waals surface area contributed by atoms with Gasteiger partial charge in [-0.1, -0.05) is 164 Å². The van der Waals surface area contributed by atoms with Crippen LogP contribution in [0, 0.1) is 0 Å². The summed E-state index contributed by atoms with van der Waals surface area (Å²) in [6.07, 6.45) is 42.0. The monoisotopic (exact) mass is 898 g/mol. The molecule has 0 fully saturated rings. The predicted molar refractivity (Wildman–Crippen MR) is 247 cm³/mol. The van der Waals surface area contributed by atoms with Gasteiger partial charge in [-0.25, -0.2) is 4.57 Å². The summed E-state index contributed by atoms with van der Waals surface area (Å²) in [7, 11) is -4.78. The first-order chi connectivity index (χ1) is 29.9. The van der Waals surface area contributed by atoms with Crippen molar-refractivity contribution in [2.24, 2.45) is 5.73 Å². The molecule has 0 spiro atoms. The van der Waals surface area contributed by atoms with Gasteiger partial charge in [0.25, 0.3) is 0 Å². The number of ether oxygens (including phenoxy) is 2. The van der Waals surface area contributed by atoms with E-state index < -0.39 is 69.9 Å². The Hall–Kier alpha value is -2.90. The molecular formula is C48H84NO12P. The average molecular weight is 898 g/mol. The van der Waals surface area contributed by atoms with Crippen molar-refractivity contribution in [2.45, 2.75) is 205 Å². The van der Waals surface area contributed by atoms with E-state index >= 15 is 0 Å². The fourth-order valence-electron chi connectivity index (χ4n) is 6.14. The molecule has 0 amide bonds. The zero-order valence-corrected chi connectivity index (χ0v) is 39.1. The fraction of sp³-hybridized carbons (Fsp3) is 0.729. The van der Waals surface area contributed by atoms with Gasteiger partial charge in [-0.2, -0.15) is 0 Å². The summed E-state index contributed by atoms with van der Waals surface area (Å²) in [6, 6.07) is -1.56. The van der Waals surface area contributed by atoms with Gasteiger partial charge in [0.2, 0.25) is 0 Å². The van der Waals surface area contributed by atoms with E-state index in [-0.39, 0.29) is 19.3 Å². The number of nitrogens with two attached hydrogens (primary N) is 1. The number of aliphatic hydroxyl groups excluding tert-OH is 2. The summed E-state index contributed by atoms with van der Waals surface area (Å²) in [5.41, 5.74) is 5.33. The molecule has 0 saturated carbocycles. The molecule has 358 valence electrons. The van der Waals surface area contributed by atoms with Gasteiger partial charge >= 0.3 is 25.7 Å². The van der Waals surface area contributed by atoms with Crippen LogP contribution in [-0.2, 0) is 37.5 Å². The minimum absolute atomic E-state index is 0.0404. The number of carboxylic acids is 1. The maximum Gasteiger partial charge on any atom is 0.472 e. The van der Waals surface area contributed by atoms with Crippen LogP contribution >= 0.6 is 7.82 Å². The highest BCUT2D eigenvalue weighted by Crippen LogP contribution is 2.43. The number of phosphoric ester groups is 1. The molecule has 0 aromatic rings. The first-order valence-corrected chi connectivity index (χ1v) is 25.0. The Bertz CT molecular complexity index is 1320. The van der Waals surface area contributed by atoms with Crippen LogP contribution in [0.5, 0.6) is 0 Å². The van der Waals surface area contributed by atoms with Crippen LogP contribution in [-0.4, -0.2) is 82.3 Å². The van der Waals surface area contributed by atoms with Crippen LogP contribution in [0.4, 0.5) is 0 Å². The topological polar surface area (TPSA) is 212 Å². The summed E-state index contributed by atoms with van der Waals surface area (Å²) in [5, 5.41) is 29.2. The zero-order chi connectivity index (χ0) is 45.9. The van der Waals surface area contributed by atoms with E-state index in [0.29, 0.717) is 19.3 Å². The molecule has 0 rings (SSSR count). The van der Waals surface area contributed by atoms with Crippen molar-refractivity contribution in [3.63, 3.8) is 0 Å². The van der Waals surface area contributed by atoms with Crippen molar-refractivity contribution in [1.29, 1.82) is 0 Å². The Morgan fingerprint density at radius 3 is 1.63 bits per heavy atom. The number of rotatable bonds is 43. The fourth-order valence-corrected chi connectivity index (χ4v) is 6.91. The second kappa shape index (κ2) is 42.1. The molecule has 0 aliphatic heterocycles. The molecule has 0 bridgehead atoms. The quantitative estimate of drug-likeness (QED) is 0.0127. The number of allylic oxidation sites excluding steroid dienone is 7. The van der Waals surface area contributed by atoms with Gasteiger partial charge in [0.1, 0.15) is 12.6 Å². The van der Waals surface area contributed by atoms with Crippen molar-refractivity contribution in [3.05, 3.63) is 60.8 Å². The van der Waals surface area contributed by atoms with E-state index in [2.05, 4.69) is 36.6 Å². The average Bonchev–Trinajstić information content (AvgIpc) is 3.24. The Kier molecular flexibility index (Phi) is 40.1. The lowest BCUT2D eigenvalue weighted by atomic mass is 10.1. The minimum atomic E-state index is -4.78. The lowest BCUT2D eigenvalue weighted by Gasteiger charge is -2.20. The van der Waals surface area contributed by atoms with Gasteiger partial charge < -0.3 is 35.4 Å². The molecule has 5 atom stereocenters. The maximum absolute atomic E-state index is 12.7. The number of esters is 2. The normalized spacial score (nSPS) is 15.2. The highest BCUT2D eigenvalue weighted by Gasteiger charge is 2.28. The lowest BCUT2D eigenvalue weighted by molar-refractivity contribution is -0.161. The number of hydrogen-bond acceptors (Lipinski definition) is 11. The molecule has 0 aliphatic rings. The van der Waals surface area contributed by atoms with Crippen LogP contribution < -0.4 is 5.73 Å². The summed E-state index contributed by atoms with van der Waals surface area (Å²) < 4.78 is 32.6. The summed E-state index contributed by atoms with van der Waals surface area (Å²) in [5.74, 6) is -2.65. The number of unbranched alkanes of at least 4 members (excludes halogenated alkanes) is 18. The Morgan fingerprint density at radius 2 is 1.05 bits per heavy atom. The molecule has 1 unspecified atom stereocenters. The van der Waals surface area contributed by atoms with Crippen LogP contribution in [0.2, 0.25) is 0 Å². The van der Waals surface area contributed by atoms with Gasteiger partial charge in [-0.3, -0.25) is 23.4 Å². The predicted octanol–water partition coefficient (Wildman–Crippen LogP) is 10.7. The van der Waals surface area contributed by atoms with Gasteiger partial charge in [0, 0.05) is 12.8 Å². The molecular weight excluding hydrogens is 813 g/mol. The number of hydrogen-bond donors (Lipinski definition) is 5. The first-order valence-electron chi connectivity index (χ1n) is 23.5. The third-order valence-electron chi connectivity index (χ3n) is 9.93. The van der Waals surface area contributed by atoms with Crippen LogP contribution in [0.1, 0.15) is 181 Å². The highest BCUT2D eigenvalue weighted by molar-refractivity contribution is 7.47. The number of carboxylic acid groups (broad SMARTS) is 1. The van der Waals surface area contributed by atoms with E-state index in [1.165, 1.54) is 83.5 Å². The van der Waals surface area contributed by atoms with E-state index in [9.17, 15) is 34.1 Å². The molecule has 13 nitrogen and oxygen atoms in total. The van der Waals surface area contributed by atoms with Crippen molar-refractivity contribution >= 4 is 25.7 Å². The Balaban J connectivity index is 4.55. The van der Waals surface area contributed by atoms with Gasteiger partial charge in [0.15, 0.2) is 6.10 Å². The van der Waals surface area contributed by atoms with Crippen molar-refractivity contribution in [3.8, 4) is 0 Å². The molecule has 14 heteroatoms. The zero-order valence-electron chi connectivity index (χ0n) is 38.2. The summed E-state index contributed by atoms with van der Waals surface area (Å²) in [6.45, 7) is 2.49. The third-order valence-corrected chi connectivity index (χ3v) is 10.9. The number of phosphoric acid groups is 1. The van der Waals surface area contributed by atoms with E-state index in [1.54, 1.807) is 36.5 Å². The molecule has 0 aromatic heterocycles. The van der Waals surface area contributed by atoms with Crippen LogP contribution in [0.15, 0.2) is 60.8 Å². The Labute approximate surface area is 373 Å². The van der Waals surface area contributed by atoms with Gasteiger partial charge in [-0.05, 0) is 64.2 Å². The highest BCUT2D eigenvalue weighted by atomic mass is 31.2. The SMILES string of the molecule is CCCCC/C=C\C[C@@H](O)/C=C/C=C/C=C\[C@@H](O)CCCC(=O)OC[C@H](COP(=O)(O)OC[C@H](N)C(=O)O)OC(=O)CCCCCCCCCCC/C=C\CCCCCCCC.